The van der Waals surface area contributed by atoms with E-state index in [0.29, 0.717) is 6.42 Å². The van der Waals surface area contributed by atoms with Crippen LogP contribution in [0.1, 0.15) is 11.1 Å². The smallest absolute Gasteiger partial charge is 0.123 e. The van der Waals surface area contributed by atoms with Crippen molar-refractivity contribution in [1.82, 2.24) is 0 Å². The summed E-state index contributed by atoms with van der Waals surface area (Å²) >= 11 is 0. The average molecular weight is 166 g/mol. The molecule has 1 rings (SSSR count). The molecular weight excluding hydrogens is 155 g/mol. The number of aryl methyl sites for hydroxylation is 1. The summed E-state index contributed by atoms with van der Waals surface area (Å²) in [5.41, 5.74) is 6.97. The van der Waals surface area contributed by atoms with Crippen LogP contribution in [0.25, 0.3) is 0 Å². The summed E-state index contributed by atoms with van der Waals surface area (Å²) in [4.78, 5) is 0. The second-order valence-electron chi connectivity index (χ2n) is 2.77. The zero-order valence-electron chi connectivity index (χ0n) is 6.89. The van der Waals surface area contributed by atoms with Gasteiger partial charge in [0.25, 0.3) is 0 Å². The number of benzene rings is 1. The van der Waals surface area contributed by atoms with Crippen LogP contribution in [0.3, 0.4) is 0 Å². The van der Waals surface area contributed by atoms with Gasteiger partial charge in [0.15, 0.2) is 0 Å². The minimum Gasteiger partial charge on any atom is -0.387 e. The molecule has 2 nitrogen and oxygen atoms in total. The first-order valence-electron chi connectivity index (χ1n) is 3.67. The first-order valence-corrected chi connectivity index (χ1v) is 3.67. The molecule has 0 fully saturated rings. The summed E-state index contributed by atoms with van der Waals surface area (Å²) in [7, 11) is 0. The van der Waals surface area contributed by atoms with E-state index in [1.807, 2.05) is 0 Å². The number of hydrogen-bond acceptors (Lipinski definition) is 1. The lowest BCUT2D eigenvalue weighted by molar-refractivity contribution is 0.626. The summed E-state index contributed by atoms with van der Waals surface area (Å²) in [6.07, 6.45) is 0.395. The Morgan fingerprint density at radius 3 is 2.75 bits per heavy atom. The minimum atomic E-state index is -0.250. The fraction of sp³-hybridized carbons (Fsp3) is 0.222. The maximum Gasteiger partial charge on any atom is 0.123 e. The Balaban J connectivity index is 2.93. The van der Waals surface area contributed by atoms with Gasteiger partial charge in [0.1, 0.15) is 5.82 Å². The van der Waals surface area contributed by atoms with Crippen LogP contribution in [0.2, 0.25) is 0 Å². The predicted molar refractivity (Wildman–Crippen MR) is 46.8 cm³/mol. The molecule has 0 aliphatic heterocycles. The van der Waals surface area contributed by atoms with Gasteiger partial charge in [-0.15, -0.1) is 0 Å². The van der Waals surface area contributed by atoms with Crippen LogP contribution in [-0.2, 0) is 6.42 Å². The first-order chi connectivity index (χ1) is 5.59. The second kappa shape index (κ2) is 3.34. The van der Waals surface area contributed by atoms with E-state index < -0.39 is 0 Å². The minimum absolute atomic E-state index is 0.102. The highest BCUT2D eigenvalue weighted by Crippen LogP contribution is 2.10. The van der Waals surface area contributed by atoms with Crippen molar-refractivity contribution in [2.75, 3.05) is 0 Å². The molecule has 0 amide bonds. The first kappa shape index (κ1) is 8.71. The SMILES string of the molecule is Cc1cc(F)ccc1CC(=N)N. The van der Waals surface area contributed by atoms with Gasteiger partial charge in [0, 0.05) is 6.42 Å². The zero-order chi connectivity index (χ0) is 9.14. The standard InChI is InChI=1S/C9H11FN2/c1-6-4-8(10)3-2-7(6)5-9(11)12/h2-4H,5H2,1H3,(H3,11,12). The third-order valence-corrected chi connectivity index (χ3v) is 1.69. The lowest BCUT2D eigenvalue weighted by Crippen LogP contribution is -2.13. The van der Waals surface area contributed by atoms with Gasteiger partial charge in [-0.1, -0.05) is 6.07 Å². The van der Waals surface area contributed by atoms with Gasteiger partial charge < -0.3 is 5.73 Å². The molecule has 0 unspecified atom stereocenters. The Labute approximate surface area is 70.7 Å². The van der Waals surface area contributed by atoms with Gasteiger partial charge in [-0.2, -0.15) is 0 Å². The molecule has 0 aliphatic rings. The van der Waals surface area contributed by atoms with Gasteiger partial charge in [-0.05, 0) is 30.2 Å². The summed E-state index contributed by atoms with van der Waals surface area (Å²) in [6.45, 7) is 1.81. The molecule has 0 saturated carbocycles. The van der Waals surface area contributed by atoms with E-state index in [0.717, 1.165) is 11.1 Å². The van der Waals surface area contributed by atoms with Gasteiger partial charge in [0.2, 0.25) is 0 Å². The third kappa shape index (κ3) is 2.05. The Morgan fingerprint density at radius 1 is 1.58 bits per heavy atom. The number of hydrogen-bond donors (Lipinski definition) is 2. The average Bonchev–Trinajstić information content (AvgIpc) is 1.94. The Bertz CT molecular complexity index is 307. The van der Waals surface area contributed by atoms with Crippen LogP contribution in [0.5, 0.6) is 0 Å². The van der Waals surface area contributed by atoms with Crippen molar-refractivity contribution in [3.05, 3.63) is 35.1 Å². The van der Waals surface area contributed by atoms with Gasteiger partial charge in [-0.3, -0.25) is 5.41 Å². The molecule has 3 heteroatoms. The second-order valence-corrected chi connectivity index (χ2v) is 2.77. The number of rotatable bonds is 2. The molecule has 0 aliphatic carbocycles. The fourth-order valence-corrected chi connectivity index (χ4v) is 1.06. The molecule has 0 aromatic heterocycles. The zero-order valence-corrected chi connectivity index (χ0v) is 6.89. The van der Waals surface area contributed by atoms with Crippen LogP contribution >= 0.6 is 0 Å². The van der Waals surface area contributed by atoms with E-state index in [2.05, 4.69) is 0 Å². The molecular formula is C9H11FN2. The highest BCUT2D eigenvalue weighted by atomic mass is 19.1. The van der Waals surface area contributed by atoms with E-state index in [4.69, 9.17) is 11.1 Å². The van der Waals surface area contributed by atoms with E-state index in [9.17, 15) is 4.39 Å². The summed E-state index contributed by atoms with van der Waals surface area (Å²) in [6, 6.07) is 4.48. The van der Waals surface area contributed by atoms with Gasteiger partial charge in [-0.25, -0.2) is 4.39 Å². The normalized spacial score (nSPS) is 9.83. The molecule has 0 atom stereocenters. The van der Waals surface area contributed by atoms with Crippen molar-refractivity contribution >= 4 is 5.84 Å². The van der Waals surface area contributed by atoms with Crippen molar-refractivity contribution in [2.24, 2.45) is 5.73 Å². The van der Waals surface area contributed by atoms with Crippen molar-refractivity contribution in [1.29, 1.82) is 5.41 Å². The predicted octanol–water partition coefficient (Wildman–Crippen LogP) is 1.61. The highest BCUT2D eigenvalue weighted by molar-refractivity contribution is 5.79. The largest absolute Gasteiger partial charge is 0.387 e. The number of amidine groups is 1. The topological polar surface area (TPSA) is 49.9 Å². The summed E-state index contributed by atoms with van der Waals surface area (Å²) in [5.74, 6) is -0.149. The monoisotopic (exact) mass is 166 g/mol. The van der Waals surface area contributed by atoms with E-state index in [-0.39, 0.29) is 11.7 Å². The molecule has 0 saturated heterocycles. The van der Waals surface area contributed by atoms with Crippen LogP contribution in [0.15, 0.2) is 18.2 Å². The van der Waals surface area contributed by atoms with E-state index in [1.165, 1.54) is 12.1 Å². The molecule has 0 radical (unpaired) electrons. The Hall–Kier alpha value is -1.38. The van der Waals surface area contributed by atoms with Crippen LogP contribution < -0.4 is 5.73 Å². The lowest BCUT2D eigenvalue weighted by Gasteiger charge is -2.03. The fourth-order valence-electron chi connectivity index (χ4n) is 1.06. The van der Waals surface area contributed by atoms with Crippen molar-refractivity contribution in [2.45, 2.75) is 13.3 Å². The van der Waals surface area contributed by atoms with E-state index in [1.54, 1.807) is 13.0 Å². The summed E-state index contributed by atoms with van der Waals surface area (Å²) in [5, 5.41) is 7.07. The Kier molecular flexibility index (Phi) is 2.43. The lowest BCUT2D eigenvalue weighted by atomic mass is 10.1. The Morgan fingerprint density at radius 2 is 2.25 bits per heavy atom. The molecule has 3 N–H and O–H groups in total. The maximum absolute atomic E-state index is 12.6. The van der Waals surface area contributed by atoms with Gasteiger partial charge >= 0.3 is 0 Å². The van der Waals surface area contributed by atoms with Crippen LogP contribution in [0, 0.1) is 18.2 Å². The molecule has 0 heterocycles. The molecule has 0 bridgehead atoms. The molecule has 1 aromatic rings. The molecule has 64 valence electrons. The maximum atomic E-state index is 12.6. The van der Waals surface area contributed by atoms with E-state index >= 15 is 0 Å². The molecule has 1 aromatic carbocycles. The highest BCUT2D eigenvalue weighted by Gasteiger charge is 2.00. The van der Waals surface area contributed by atoms with Crippen LogP contribution in [-0.4, -0.2) is 5.84 Å². The number of nitrogens with one attached hydrogen (secondary N) is 1. The number of nitrogens with two attached hydrogens (primary N) is 1. The van der Waals surface area contributed by atoms with Gasteiger partial charge in [0.05, 0.1) is 5.84 Å². The van der Waals surface area contributed by atoms with Crippen molar-refractivity contribution in [3.63, 3.8) is 0 Å². The third-order valence-electron chi connectivity index (χ3n) is 1.69. The number of halogens is 1. The quantitative estimate of drug-likeness (QED) is 0.509. The van der Waals surface area contributed by atoms with Crippen molar-refractivity contribution < 1.29 is 4.39 Å². The molecule has 12 heavy (non-hydrogen) atoms. The van der Waals surface area contributed by atoms with Crippen molar-refractivity contribution in [3.8, 4) is 0 Å². The van der Waals surface area contributed by atoms with Crippen LogP contribution in [0.4, 0.5) is 4.39 Å². The summed E-state index contributed by atoms with van der Waals surface area (Å²) < 4.78 is 12.6. The molecule has 0 spiro atoms.